The van der Waals surface area contributed by atoms with Crippen LogP contribution in [0, 0.1) is 3.57 Å². The van der Waals surface area contributed by atoms with Crippen molar-refractivity contribution >= 4 is 22.6 Å². The van der Waals surface area contributed by atoms with Gasteiger partial charge in [-0.05, 0) is 46.9 Å². The molecule has 0 fully saturated rings. The molecule has 0 spiro atoms. The summed E-state index contributed by atoms with van der Waals surface area (Å²) in [5, 5.41) is 9.23. The maximum atomic E-state index is 11.8. The van der Waals surface area contributed by atoms with E-state index in [-0.39, 0.29) is 17.9 Å². The largest absolute Gasteiger partial charge is 0.508 e. The first-order valence-corrected chi connectivity index (χ1v) is 6.26. The van der Waals surface area contributed by atoms with E-state index >= 15 is 0 Å². The van der Waals surface area contributed by atoms with E-state index in [9.17, 15) is 9.90 Å². The van der Waals surface area contributed by atoms with E-state index in [1.807, 2.05) is 22.6 Å². The standard InChI is InChI=1S/C12H11IN2O3/c1-18-6-9-10(13)12(17)15-11(14-9)7-2-4-8(16)5-3-7/h2-5,16H,6H2,1H3,(H,14,15,17). The number of nitrogens with one attached hydrogen (secondary N) is 1. The monoisotopic (exact) mass is 358 g/mol. The molecular formula is C12H11IN2O3. The molecule has 1 aromatic carbocycles. The molecule has 2 rings (SSSR count). The molecule has 0 radical (unpaired) electrons. The molecule has 1 aromatic heterocycles. The number of benzene rings is 1. The third-order valence-electron chi connectivity index (χ3n) is 2.35. The lowest BCUT2D eigenvalue weighted by Gasteiger charge is -2.06. The molecule has 0 atom stereocenters. The topological polar surface area (TPSA) is 75.2 Å². The van der Waals surface area contributed by atoms with Crippen molar-refractivity contribution in [1.29, 1.82) is 0 Å². The Bertz CT molecular complexity index is 608. The van der Waals surface area contributed by atoms with Crippen LogP contribution in [0.25, 0.3) is 11.4 Å². The smallest absolute Gasteiger partial charge is 0.264 e. The van der Waals surface area contributed by atoms with Crippen LogP contribution < -0.4 is 5.56 Å². The van der Waals surface area contributed by atoms with Gasteiger partial charge in [0.1, 0.15) is 15.1 Å². The number of ether oxygens (including phenoxy) is 1. The van der Waals surface area contributed by atoms with Crippen molar-refractivity contribution in [3.63, 3.8) is 0 Å². The number of halogens is 1. The summed E-state index contributed by atoms with van der Waals surface area (Å²) in [5.74, 6) is 0.635. The van der Waals surface area contributed by atoms with Crippen LogP contribution in [0.3, 0.4) is 0 Å². The summed E-state index contributed by atoms with van der Waals surface area (Å²) in [6.45, 7) is 0.285. The molecule has 0 unspecified atom stereocenters. The third-order valence-corrected chi connectivity index (χ3v) is 3.47. The lowest BCUT2D eigenvalue weighted by atomic mass is 10.2. The maximum absolute atomic E-state index is 11.8. The van der Waals surface area contributed by atoms with Crippen LogP contribution in [-0.4, -0.2) is 22.2 Å². The highest BCUT2D eigenvalue weighted by Gasteiger charge is 2.10. The summed E-state index contributed by atoms with van der Waals surface area (Å²) in [5.41, 5.74) is 1.14. The molecule has 2 aromatic rings. The van der Waals surface area contributed by atoms with E-state index in [4.69, 9.17) is 4.74 Å². The highest BCUT2D eigenvalue weighted by molar-refractivity contribution is 14.1. The van der Waals surface area contributed by atoms with Crippen LogP contribution in [-0.2, 0) is 11.3 Å². The maximum Gasteiger partial charge on any atom is 0.264 e. The summed E-state index contributed by atoms with van der Waals surface area (Å²) in [7, 11) is 1.55. The van der Waals surface area contributed by atoms with Gasteiger partial charge in [0, 0.05) is 12.7 Å². The second kappa shape index (κ2) is 5.49. The number of hydrogen-bond donors (Lipinski definition) is 2. The van der Waals surface area contributed by atoms with E-state index in [1.54, 1.807) is 31.4 Å². The summed E-state index contributed by atoms with van der Waals surface area (Å²) in [6, 6.07) is 6.47. The van der Waals surface area contributed by atoms with E-state index in [2.05, 4.69) is 9.97 Å². The van der Waals surface area contributed by atoms with Crippen LogP contribution in [0.15, 0.2) is 29.1 Å². The number of aromatic amines is 1. The Kier molecular flexibility index (Phi) is 3.97. The van der Waals surface area contributed by atoms with Gasteiger partial charge < -0.3 is 14.8 Å². The Labute approximate surface area is 117 Å². The van der Waals surface area contributed by atoms with E-state index in [1.165, 1.54) is 0 Å². The van der Waals surface area contributed by atoms with Gasteiger partial charge in [-0.1, -0.05) is 0 Å². The predicted molar refractivity (Wildman–Crippen MR) is 75.4 cm³/mol. The van der Waals surface area contributed by atoms with E-state index < -0.39 is 0 Å². The van der Waals surface area contributed by atoms with Gasteiger partial charge in [-0.2, -0.15) is 0 Å². The molecule has 6 heteroatoms. The first-order chi connectivity index (χ1) is 8.61. The number of hydrogen-bond acceptors (Lipinski definition) is 4. The summed E-state index contributed by atoms with van der Waals surface area (Å²) in [6.07, 6.45) is 0. The summed E-state index contributed by atoms with van der Waals surface area (Å²) >= 11 is 1.94. The molecule has 0 aliphatic carbocycles. The lowest BCUT2D eigenvalue weighted by Crippen LogP contribution is -2.16. The minimum atomic E-state index is -0.194. The zero-order valence-corrected chi connectivity index (χ0v) is 11.8. The van der Waals surface area contributed by atoms with Crippen molar-refractivity contribution < 1.29 is 9.84 Å². The number of aromatic nitrogens is 2. The SMILES string of the molecule is COCc1nc(-c2ccc(O)cc2)[nH]c(=O)c1I. The number of phenolic OH excluding ortho intramolecular Hbond substituents is 1. The van der Waals surface area contributed by atoms with Crippen molar-refractivity contribution in [1.82, 2.24) is 9.97 Å². The van der Waals surface area contributed by atoms with Crippen LogP contribution in [0.2, 0.25) is 0 Å². The first-order valence-electron chi connectivity index (χ1n) is 5.19. The molecule has 2 N–H and O–H groups in total. The molecule has 0 saturated heterocycles. The molecule has 0 saturated carbocycles. The molecule has 1 heterocycles. The van der Waals surface area contributed by atoms with Crippen LogP contribution in [0.1, 0.15) is 5.69 Å². The zero-order chi connectivity index (χ0) is 13.1. The fourth-order valence-corrected chi connectivity index (χ4v) is 1.90. The molecular weight excluding hydrogens is 347 g/mol. The Morgan fingerprint density at radius 1 is 1.39 bits per heavy atom. The number of rotatable bonds is 3. The normalized spacial score (nSPS) is 10.6. The van der Waals surface area contributed by atoms with E-state index in [0.717, 1.165) is 5.56 Å². The van der Waals surface area contributed by atoms with Gasteiger partial charge in [0.15, 0.2) is 0 Å². The highest BCUT2D eigenvalue weighted by Crippen LogP contribution is 2.18. The van der Waals surface area contributed by atoms with Crippen molar-refractivity contribution in [3.8, 4) is 17.1 Å². The molecule has 0 amide bonds. The van der Waals surface area contributed by atoms with Crippen LogP contribution in [0.4, 0.5) is 0 Å². The van der Waals surface area contributed by atoms with Gasteiger partial charge in [-0.15, -0.1) is 0 Å². The molecule has 0 aliphatic heterocycles. The molecule has 94 valence electrons. The number of nitrogens with zero attached hydrogens (tertiary/aromatic N) is 1. The molecule has 0 bridgehead atoms. The van der Waals surface area contributed by atoms with Crippen molar-refractivity contribution in [2.24, 2.45) is 0 Å². The molecule has 0 aliphatic rings. The average Bonchev–Trinajstić information content (AvgIpc) is 2.36. The van der Waals surface area contributed by atoms with Crippen LogP contribution in [0.5, 0.6) is 5.75 Å². The van der Waals surface area contributed by atoms with Crippen LogP contribution >= 0.6 is 22.6 Å². The molecule has 5 nitrogen and oxygen atoms in total. The minimum Gasteiger partial charge on any atom is -0.508 e. The Balaban J connectivity index is 2.51. The number of methoxy groups -OCH3 is 1. The Hall–Kier alpha value is -1.41. The van der Waals surface area contributed by atoms with Gasteiger partial charge in [0.05, 0.1) is 12.3 Å². The van der Waals surface area contributed by atoms with Gasteiger partial charge >= 0.3 is 0 Å². The zero-order valence-electron chi connectivity index (χ0n) is 9.61. The quantitative estimate of drug-likeness (QED) is 0.822. The van der Waals surface area contributed by atoms with Crippen molar-refractivity contribution in [2.75, 3.05) is 7.11 Å². The Morgan fingerprint density at radius 3 is 2.67 bits per heavy atom. The lowest BCUT2D eigenvalue weighted by molar-refractivity contribution is 0.180. The number of H-pyrrole nitrogens is 1. The first kappa shape index (κ1) is 13.0. The van der Waals surface area contributed by atoms with Crippen molar-refractivity contribution in [2.45, 2.75) is 6.61 Å². The minimum absolute atomic E-state index is 0.170. The van der Waals surface area contributed by atoms with Gasteiger partial charge in [-0.3, -0.25) is 4.79 Å². The van der Waals surface area contributed by atoms with Gasteiger partial charge in [-0.25, -0.2) is 4.98 Å². The highest BCUT2D eigenvalue weighted by atomic mass is 127. The fraction of sp³-hybridized carbons (Fsp3) is 0.167. The second-order valence-electron chi connectivity index (χ2n) is 3.66. The second-order valence-corrected chi connectivity index (χ2v) is 4.73. The summed E-state index contributed by atoms with van der Waals surface area (Å²) in [4.78, 5) is 18.8. The fourth-order valence-electron chi connectivity index (χ4n) is 1.49. The van der Waals surface area contributed by atoms with Gasteiger partial charge in [0.25, 0.3) is 5.56 Å². The summed E-state index contributed by atoms with van der Waals surface area (Å²) < 4.78 is 5.54. The molecule has 18 heavy (non-hydrogen) atoms. The average molecular weight is 358 g/mol. The third kappa shape index (κ3) is 2.70. The van der Waals surface area contributed by atoms with Gasteiger partial charge in [0.2, 0.25) is 0 Å². The van der Waals surface area contributed by atoms with E-state index in [0.29, 0.717) is 15.1 Å². The Morgan fingerprint density at radius 2 is 2.06 bits per heavy atom. The predicted octanol–water partition coefficient (Wildman–Crippen LogP) is 1.89. The van der Waals surface area contributed by atoms with Crippen molar-refractivity contribution in [3.05, 3.63) is 43.9 Å². The number of aromatic hydroxyl groups is 1. The number of phenols is 1.